The minimum Gasteiger partial charge on any atom is -0.454 e. The van der Waals surface area contributed by atoms with E-state index in [1.54, 1.807) is 12.1 Å². The highest BCUT2D eigenvalue weighted by molar-refractivity contribution is 5.63. The van der Waals surface area contributed by atoms with Gasteiger partial charge in [0.25, 0.3) is 5.56 Å². The molecule has 1 aliphatic heterocycles. The lowest BCUT2D eigenvalue weighted by Gasteiger charge is -2.06. The maximum atomic E-state index is 11.5. The molecule has 0 saturated heterocycles. The van der Waals surface area contributed by atoms with Crippen LogP contribution in [0.4, 0.5) is 0 Å². The molecule has 98 valence electrons. The lowest BCUT2D eigenvalue weighted by Crippen LogP contribution is -2.23. The predicted octanol–water partition coefficient (Wildman–Crippen LogP) is 0.631. The molecule has 1 aromatic carbocycles. The minimum absolute atomic E-state index is 0.127. The Balaban J connectivity index is 2.02. The first-order chi connectivity index (χ1) is 9.28. The summed E-state index contributed by atoms with van der Waals surface area (Å²) in [7, 11) is 0. The summed E-state index contributed by atoms with van der Waals surface area (Å²) >= 11 is 0. The number of fused-ring (bicyclic) bond motifs is 1. The average molecular weight is 260 g/mol. The number of hydrogen-bond acceptors (Lipinski definition) is 5. The molecule has 0 aliphatic carbocycles. The monoisotopic (exact) mass is 260 g/mol. The zero-order valence-corrected chi connectivity index (χ0v) is 10.1. The summed E-state index contributed by atoms with van der Waals surface area (Å²) in [6, 6.07) is 8.55. The molecule has 0 spiro atoms. The SMILES string of the molecule is O=c1ccc(-c2ccc3c(c2)OCO3)nn1CCO. The molecule has 2 heterocycles. The first-order valence-corrected chi connectivity index (χ1v) is 5.87. The molecule has 0 fully saturated rings. The molecule has 1 aromatic heterocycles. The highest BCUT2D eigenvalue weighted by Crippen LogP contribution is 2.35. The second-order valence-corrected chi connectivity index (χ2v) is 4.07. The smallest absolute Gasteiger partial charge is 0.266 e. The molecule has 0 atom stereocenters. The fourth-order valence-electron chi connectivity index (χ4n) is 1.91. The predicted molar refractivity (Wildman–Crippen MR) is 67.1 cm³/mol. The van der Waals surface area contributed by atoms with Crippen LogP contribution in [0.3, 0.4) is 0 Å². The summed E-state index contributed by atoms with van der Waals surface area (Å²) in [5.41, 5.74) is 1.24. The molecule has 19 heavy (non-hydrogen) atoms. The summed E-state index contributed by atoms with van der Waals surface area (Å²) < 4.78 is 11.8. The first kappa shape index (κ1) is 11.7. The van der Waals surface area contributed by atoms with Gasteiger partial charge in [-0.1, -0.05) is 0 Å². The van der Waals surface area contributed by atoms with Gasteiger partial charge in [-0.25, -0.2) is 4.68 Å². The van der Waals surface area contributed by atoms with E-state index in [4.69, 9.17) is 14.6 Å². The quantitative estimate of drug-likeness (QED) is 0.876. The summed E-state index contributed by atoms with van der Waals surface area (Å²) in [4.78, 5) is 11.5. The van der Waals surface area contributed by atoms with Crippen LogP contribution in [0.2, 0.25) is 0 Å². The maximum Gasteiger partial charge on any atom is 0.266 e. The zero-order valence-electron chi connectivity index (χ0n) is 10.1. The van der Waals surface area contributed by atoms with Crippen LogP contribution in [0, 0.1) is 0 Å². The van der Waals surface area contributed by atoms with Crippen LogP contribution in [-0.4, -0.2) is 28.3 Å². The van der Waals surface area contributed by atoms with Crippen molar-refractivity contribution in [3.8, 4) is 22.8 Å². The number of aromatic nitrogens is 2. The van der Waals surface area contributed by atoms with Crippen molar-refractivity contribution >= 4 is 0 Å². The van der Waals surface area contributed by atoms with Gasteiger partial charge in [0, 0.05) is 11.6 Å². The molecule has 0 radical (unpaired) electrons. The normalized spacial score (nSPS) is 12.7. The third kappa shape index (κ3) is 2.17. The molecule has 2 aromatic rings. The molecule has 1 aliphatic rings. The van der Waals surface area contributed by atoms with Crippen molar-refractivity contribution in [2.75, 3.05) is 13.4 Å². The number of aliphatic hydroxyl groups excluding tert-OH is 1. The van der Waals surface area contributed by atoms with E-state index in [2.05, 4.69) is 5.10 Å². The van der Waals surface area contributed by atoms with Crippen molar-refractivity contribution in [2.45, 2.75) is 6.54 Å². The lowest BCUT2D eigenvalue weighted by atomic mass is 10.1. The number of benzene rings is 1. The van der Waals surface area contributed by atoms with Crippen LogP contribution in [0.15, 0.2) is 35.1 Å². The van der Waals surface area contributed by atoms with E-state index in [1.165, 1.54) is 10.7 Å². The van der Waals surface area contributed by atoms with Gasteiger partial charge < -0.3 is 14.6 Å². The summed E-state index contributed by atoms with van der Waals surface area (Å²) in [5.74, 6) is 1.37. The molecule has 6 heteroatoms. The Bertz CT molecular complexity index is 666. The van der Waals surface area contributed by atoms with Crippen LogP contribution < -0.4 is 15.0 Å². The van der Waals surface area contributed by atoms with Crippen LogP contribution in [0.1, 0.15) is 0 Å². The van der Waals surface area contributed by atoms with Gasteiger partial charge in [-0.05, 0) is 24.3 Å². The highest BCUT2D eigenvalue weighted by Gasteiger charge is 2.14. The molecular formula is C13H12N2O4. The van der Waals surface area contributed by atoms with Gasteiger partial charge in [0.05, 0.1) is 18.8 Å². The van der Waals surface area contributed by atoms with Gasteiger partial charge in [0.1, 0.15) is 0 Å². The van der Waals surface area contributed by atoms with Crippen LogP contribution in [0.5, 0.6) is 11.5 Å². The molecule has 0 saturated carbocycles. The fourth-order valence-corrected chi connectivity index (χ4v) is 1.91. The summed E-state index contributed by atoms with van der Waals surface area (Å²) in [5, 5.41) is 13.1. The third-order valence-electron chi connectivity index (χ3n) is 2.85. The van der Waals surface area contributed by atoms with E-state index in [0.29, 0.717) is 17.2 Å². The van der Waals surface area contributed by atoms with Gasteiger partial charge in [0.15, 0.2) is 11.5 Å². The largest absolute Gasteiger partial charge is 0.454 e. The van der Waals surface area contributed by atoms with Gasteiger partial charge in [-0.2, -0.15) is 5.10 Å². The molecule has 3 rings (SSSR count). The maximum absolute atomic E-state index is 11.5. The first-order valence-electron chi connectivity index (χ1n) is 5.87. The molecule has 6 nitrogen and oxygen atoms in total. The topological polar surface area (TPSA) is 73.6 Å². The van der Waals surface area contributed by atoms with Crippen LogP contribution >= 0.6 is 0 Å². The number of aliphatic hydroxyl groups is 1. The van der Waals surface area contributed by atoms with Crippen LogP contribution in [0.25, 0.3) is 11.3 Å². The average Bonchev–Trinajstić information content (AvgIpc) is 2.89. The highest BCUT2D eigenvalue weighted by atomic mass is 16.7. The number of ether oxygens (including phenoxy) is 2. The molecule has 0 bridgehead atoms. The zero-order chi connectivity index (χ0) is 13.2. The Morgan fingerprint density at radius 1 is 1.21 bits per heavy atom. The van der Waals surface area contributed by atoms with Crippen molar-refractivity contribution < 1.29 is 14.6 Å². The van der Waals surface area contributed by atoms with E-state index in [9.17, 15) is 4.79 Å². The Morgan fingerprint density at radius 3 is 2.89 bits per heavy atom. The van der Waals surface area contributed by atoms with E-state index in [-0.39, 0.29) is 25.5 Å². The second kappa shape index (κ2) is 4.74. The van der Waals surface area contributed by atoms with E-state index in [1.807, 2.05) is 12.1 Å². The van der Waals surface area contributed by atoms with Gasteiger partial charge >= 0.3 is 0 Å². The van der Waals surface area contributed by atoms with E-state index >= 15 is 0 Å². The number of rotatable bonds is 3. The number of nitrogens with zero attached hydrogens (tertiary/aromatic N) is 2. The Morgan fingerprint density at radius 2 is 2.05 bits per heavy atom. The summed E-state index contributed by atoms with van der Waals surface area (Å²) in [6.07, 6.45) is 0. The molecule has 0 amide bonds. The minimum atomic E-state index is -0.237. The van der Waals surface area contributed by atoms with Crippen molar-refractivity contribution in [2.24, 2.45) is 0 Å². The molecule has 1 N–H and O–H groups in total. The Kier molecular flexibility index (Phi) is 2.92. The Labute approximate surface area is 108 Å². The second-order valence-electron chi connectivity index (χ2n) is 4.07. The third-order valence-corrected chi connectivity index (χ3v) is 2.85. The van der Waals surface area contributed by atoms with Crippen molar-refractivity contribution in [3.63, 3.8) is 0 Å². The summed E-state index contributed by atoms with van der Waals surface area (Å²) in [6.45, 7) is 0.269. The lowest BCUT2D eigenvalue weighted by molar-refractivity contribution is 0.174. The standard InChI is InChI=1S/C13H12N2O4/c16-6-5-15-13(17)4-2-10(14-15)9-1-3-11-12(7-9)19-8-18-11/h1-4,7,16H,5-6,8H2. The van der Waals surface area contributed by atoms with Crippen molar-refractivity contribution in [3.05, 3.63) is 40.7 Å². The fraction of sp³-hybridized carbons (Fsp3) is 0.231. The van der Waals surface area contributed by atoms with Gasteiger partial charge in [0.2, 0.25) is 6.79 Å². The van der Waals surface area contributed by atoms with E-state index in [0.717, 1.165) is 5.56 Å². The van der Waals surface area contributed by atoms with Crippen molar-refractivity contribution in [1.82, 2.24) is 9.78 Å². The van der Waals surface area contributed by atoms with Crippen LogP contribution in [-0.2, 0) is 6.54 Å². The van der Waals surface area contributed by atoms with Gasteiger partial charge in [-0.3, -0.25) is 4.79 Å². The van der Waals surface area contributed by atoms with Crippen molar-refractivity contribution in [1.29, 1.82) is 0 Å². The number of hydrogen-bond donors (Lipinski definition) is 1. The van der Waals surface area contributed by atoms with Gasteiger partial charge in [-0.15, -0.1) is 0 Å². The molecular weight excluding hydrogens is 248 g/mol. The Hall–Kier alpha value is -2.34. The van der Waals surface area contributed by atoms with E-state index < -0.39 is 0 Å². The molecule has 0 unspecified atom stereocenters.